The lowest BCUT2D eigenvalue weighted by atomic mass is 10.1. The number of hydrogen-bond donors (Lipinski definition) is 2. The number of likely N-dealkylation sites (N-methyl/N-ethyl adjacent to an activating group) is 1. The van der Waals surface area contributed by atoms with Crippen molar-refractivity contribution in [1.82, 2.24) is 10.6 Å². The molecule has 10 heavy (non-hydrogen) atoms. The molecule has 0 saturated carbocycles. The van der Waals surface area contributed by atoms with Crippen molar-refractivity contribution in [2.75, 3.05) is 6.54 Å². The summed E-state index contributed by atoms with van der Waals surface area (Å²) in [5.41, 5.74) is 0. The van der Waals surface area contributed by atoms with Crippen LogP contribution in [0.25, 0.3) is 0 Å². The molecule has 0 radical (unpaired) electrons. The van der Waals surface area contributed by atoms with Crippen molar-refractivity contribution in [3.63, 3.8) is 0 Å². The van der Waals surface area contributed by atoms with Crippen molar-refractivity contribution >= 4 is 11.8 Å². The summed E-state index contributed by atoms with van der Waals surface area (Å²) in [5.74, 6) is -0.127. The average Bonchev–Trinajstić information content (AvgIpc) is 1.82. The molecule has 4 heteroatoms. The van der Waals surface area contributed by atoms with E-state index < -0.39 is 0 Å². The zero-order valence-electron chi connectivity index (χ0n) is 5.81. The van der Waals surface area contributed by atoms with Crippen molar-refractivity contribution in [1.29, 1.82) is 0 Å². The van der Waals surface area contributed by atoms with E-state index >= 15 is 0 Å². The molecule has 4 nitrogen and oxygen atoms in total. The first-order chi connectivity index (χ1) is 4.74. The lowest BCUT2D eigenvalue weighted by molar-refractivity contribution is -0.137. The third-order valence-corrected chi connectivity index (χ3v) is 1.39. The number of carbonyl (C=O) groups excluding carboxylic acids is 2. The largest absolute Gasteiger partial charge is 0.355 e. The molecule has 1 heterocycles. The summed E-state index contributed by atoms with van der Waals surface area (Å²) in [6, 6.07) is -0.271. The molecule has 0 bridgehead atoms. The van der Waals surface area contributed by atoms with E-state index in [0.29, 0.717) is 13.0 Å². The topological polar surface area (TPSA) is 58.2 Å². The van der Waals surface area contributed by atoms with Crippen LogP contribution in [-0.2, 0) is 9.59 Å². The summed E-state index contributed by atoms with van der Waals surface area (Å²) in [7, 11) is 0. The molecule has 1 unspecified atom stereocenters. The summed E-state index contributed by atoms with van der Waals surface area (Å²) in [4.78, 5) is 21.2. The van der Waals surface area contributed by atoms with E-state index in [0.717, 1.165) is 0 Å². The first-order valence-electron chi connectivity index (χ1n) is 3.31. The van der Waals surface area contributed by atoms with Gasteiger partial charge >= 0.3 is 0 Å². The van der Waals surface area contributed by atoms with Gasteiger partial charge in [0.2, 0.25) is 11.8 Å². The number of rotatable bonds is 2. The van der Waals surface area contributed by atoms with Crippen molar-refractivity contribution < 1.29 is 9.59 Å². The smallest absolute Gasteiger partial charge is 0.243 e. The van der Waals surface area contributed by atoms with Crippen LogP contribution in [-0.4, -0.2) is 24.4 Å². The zero-order chi connectivity index (χ0) is 7.56. The van der Waals surface area contributed by atoms with E-state index in [1.54, 1.807) is 0 Å². The number of nitrogens with one attached hydrogen (secondary N) is 2. The van der Waals surface area contributed by atoms with E-state index in [1.165, 1.54) is 0 Å². The molecule has 1 atom stereocenters. The maximum Gasteiger partial charge on any atom is 0.243 e. The average molecular weight is 142 g/mol. The van der Waals surface area contributed by atoms with Crippen LogP contribution in [0.2, 0.25) is 0 Å². The van der Waals surface area contributed by atoms with Crippen LogP contribution in [0.1, 0.15) is 13.3 Å². The molecular weight excluding hydrogens is 132 g/mol. The molecule has 1 rings (SSSR count). The highest BCUT2D eigenvalue weighted by atomic mass is 16.2. The van der Waals surface area contributed by atoms with Gasteiger partial charge in [-0.2, -0.15) is 0 Å². The molecule has 1 fully saturated rings. The summed E-state index contributed by atoms with van der Waals surface area (Å²) in [5, 5.41) is 5.09. The van der Waals surface area contributed by atoms with Gasteiger partial charge in [-0.05, 0) is 6.92 Å². The minimum atomic E-state index is -0.271. The second kappa shape index (κ2) is 2.68. The normalized spacial score (nSPS) is 22.9. The molecule has 2 amide bonds. The molecule has 56 valence electrons. The highest BCUT2D eigenvalue weighted by Gasteiger charge is 2.30. The predicted octanol–water partition coefficient (Wildman–Crippen LogP) is -0.989. The van der Waals surface area contributed by atoms with Gasteiger partial charge in [-0.25, -0.2) is 0 Å². The lowest BCUT2D eigenvalue weighted by Crippen LogP contribution is -2.56. The monoisotopic (exact) mass is 142 g/mol. The Kier molecular flexibility index (Phi) is 1.89. The number of hydrogen-bond acceptors (Lipinski definition) is 2. The fourth-order valence-electron chi connectivity index (χ4n) is 0.814. The Hall–Kier alpha value is -1.06. The zero-order valence-corrected chi connectivity index (χ0v) is 5.81. The Labute approximate surface area is 59.0 Å². The van der Waals surface area contributed by atoms with Gasteiger partial charge in [0.15, 0.2) is 0 Å². The molecule has 1 saturated heterocycles. The molecule has 0 aromatic carbocycles. The van der Waals surface area contributed by atoms with Gasteiger partial charge < -0.3 is 10.6 Å². The Bertz CT molecular complexity index is 159. The van der Waals surface area contributed by atoms with Crippen molar-refractivity contribution in [3.8, 4) is 0 Å². The Morgan fingerprint density at radius 2 is 2.50 bits per heavy atom. The van der Waals surface area contributed by atoms with E-state index in [1.807, 2.05) is 6.92 Å². The molecular formula is C6H10N2O2. The Balaban J connectivity index is 2.24. The molecule has 1 aliphatic rings. The van der Waals surface area contributed by atoms with Crippen molar-refractivity contribution in [2.45, 2.75) is 19.4 Å². The van der Waals surface area contributed by atoms with Crippen LogP contribution in [0.5, 0.6) is 0 Å². The fourth-order valence-corrected chi connectivity index (χ4v) is 0.814. The van der Waals surface area contributed by atoms with Gasteiger partial charge in [0, 0.05) is 6.54 Å². The van der Waals surface area contributed by atoms with Crippen molar-refractivity contribution in [3.05, 3.63) is 0 Å². The number of carbonyl (C=O) groups is 2. The van der Waals surface area contributed by atoms with Gasteiger partial charge in [0.1, 0.15) is 6.04 Å². The van der Waals surface area contributed by atoms with Crippen LogP contribution >= 0.6 is 0 Å². The molecule has 0 spiro atoms. The Morgan fingerprint density at radius 1 is 1.90 bits per heavy atom. The number of amides is 2. The summed E-state index contributed by atoms with van der Waals surface area (Å²) < 4.78 is 0. The second-order valence-electron chi connectivity index (χ2n) is 2.22. The lowest BCUT2D eigenvalue weighted by Gasteiger charge is -2.25. The van der Waals surface area contributed by atoms with Crippen LogP contribution in [0, 0.1) is 0 Å². The van der Waals surface area contributed by atoms with Gasteiger partial charge in [0.25, 0.3) is 0 Å². The second-order valence-corrected chi connectivity index (χ2v) is 2.22. The molecule has 2 N–H and O–H groups in total. The minimum absolute atomic E-state index is 0.0451. The maximum absolute atomic E-state index is 10.8. The van der Waals surface area contributed by atoms with Crippen LogP contribution in [0.15, 0.2) is 0 Å². The SMILES string of the molecule is CCNC(=O)C1CC(=O)N1. The summed E-state index contributed by atoms with van der Waals surface area (Å²) in [6.45, 7) is 2.46. The fraction of sp³-hybridized carbons (Fsp3) is 0.667. The van der Waals surface area contributed by atoms with E-state index in [2.05, 4.69) is 10.6 Å². The first-order valence-corrected chi connectivity index (χ1v) is 3.31. The van der Waals surface area contributed by atoms with Crippen LogP contribution < -0.4 is 10.6 Å². The third-order valence-electron chi connectivity index (χ3n) is 1.39. The van der Waals surface area contributed by atoms with Crippen molar-refractivity contribution in [2.24, 2.45) is 0 Å². The van der Waals surface area contributed by atoms with Gasteiger partial charge in [0.05, 0.1) is 6.42 Å². The van der Waals surface area contributed by atoms with E-state index in [9.17, 15) is 9.59 Å². The molecule has 0 aliphatic carbocycles. The summed E-state index contributed by atoms with van der Waals surface area (Å²) in [6.07, 6.45) is 0.339. The van der Waals surface area contributed by atoms with Crippen LogP contribution in [0.3, 0.4) is 0 Å². The highest BCUT2D eigenvalue weighted by Crippen LogP contribution is 2.02. The molecule has 1 aliphatic heterocycles. The highest BCUT2D eigenvalue weighted by molar-refractivity contribution is 5.97. The summed E-state index contributed by atoms with van der Waals surface area (Å²) >= 11 is 0. The molecule has 0 aromatic heterocycles. The van der Waals surface area contributed by atoms with E-state index in [-0.39, 0.29) is 17.9 Å². The maximum atomic E-state index is 10.8. The standard InChI is InChI=1S/C6H10N2O2/c1-2-7-6(10)4-3-5(9)8-4/h4H,2-3H2,1H3,(H,7,10)(H,8,9). The van der Waals surface area contributed by atoms with E-state index in [4.69, 9.17) is 0 Å². The predicted molar refractivity (Wildman–Crippen MR) is 35.2 cm³/mol. The minimum Gasteiger partial charge on any atom is -0.355 e. The Morgan fingerprint density at radius 3 is 2.90 bits per heavy atom. The van der Waals surface area contributed by atoms with Gasteiger partial charge in [-0.1, -0.05) is 0 Å². The van der Waals surface area contributed by atoms with Gasteiger partial charge in [-0.15, -0.1) is 0 Å². The first kappa shape index (κ1) is 7.05. The van der Waals surface area contributed by atoms with Gasteiger partial charge in [-0.3, -0.25) is 9.59 Å². The quantitative estimate of drug-likeness (QED) is 0.486. The number of β-lactam (4-membered cyclic amide) rings is 1. The molecule has 0 aromatic rings. The van der Waals surface area contributed by atoms with Crippen LogP contribution in [0.4, 0.5) is 0 Å². The third kappa shape index (κ3) is 1.26.